The van der Waals surface area contributed by atoms with Crippen molar-refractivity contribution >= 4 is 17.5 Å². The maximum Gasteiger partial charge on any atom is 0.272 e. The van der Waals surface area contributed by atoms with Gasteiger partial charge >= 0.3 is 0 Å². The van der Waals surface area contributed by atoms with E-state index in [0.717, 1.165) is 30.6 Å². The summed E-state index contributed by atoms with van der Waals surface area (Å²) in [6, 6.07) is 7.68. The quantitative estimate of drug-likeness (QED) is 0.883. The number of hydrogen-bond donors (Lipinski definition) is 1. The van der Waals surface area contributed by atoms with Crippen LogP contribution >= 0.6 is 0 Å². The highest BCUT2D eigenvalue weighted by Crippen LogP contribution is 2.20. The lowest BCUT2D eigenvalue weighted by atomic mass is 10.1. The molecule has 1 heterocycles. The first-order valence-electron chi connectivity index (χ1n) is 7.94. The molecule has 122 valence electrons. The Morgan fingerprint density at radius 2 is 2.04 bits per heavy atom. The molecule has 0 aliphatic rings. The summed E-state index contributed by atoms with van der Waals surface area (Å²) in [6.45, 7) is 6.95. The van der Waals surface area contributed by atoms with E-state index in [1.54, 1.807) is 24.2 Å². The zero-order valence-corrected chi connectivity index (χ0v) is 14.3. The lowest BCUT2D eigenvalue weighted by Gasteiger charge is -2.16. The summed E-state index contributed by atoms with van der Waals surface area (Å²) >= 11 is 0. The third kappa shape index (κ3) is 4.28. The minimum Gasteiger partial charge on any atom is -0.340 e. The molecule has 0 unspecified atom stereocenters. The number of unbranched alkanes of at least 4 members (excludes halogenated alkanes) is 1. The maximum absolute atomic E-state index is 12.4. The van der Waals surface area contributed by atoms with Gasteiger partial charge in [-0.2, -0.15) is 0 Å². The molecule has 1 N–H and O–H groups in total. The van der Waals surface area contributed by atoms with Gasteiger partial charge in [-0.25, -0.2) is 9.97 Å². The number of carbonyl (C=O) groups excluding carboxylic acids is 1. The summed E-state index contributed by atoms with van der Waals surface area (Å²) in [5.41, 5.74) is 3.70. The van der Waals surface area contributed by atoms with Crippen molar-refractivity contribution in [2.75, 3.05) is 18.9 Å². The van der Waals surface area contributed by atoms with E-state index in [9.17, 15) is 4.79 Å². The van der Waals surface area contributed by atoms with Gasteiger partial charge < -0.3 is 10.2 Å². The normalized spacial score (nSPS) is 10.4. The van der Waals surface area contributed by atoms with E-state index in [-0.39, 0.29) is 5.91 Å². The lowest BCUT2D eigenvalue weighted by molar-refractivity contribution is 0.0787. The molecule has 1 amide bonds. The Bertz CT molecular complexity index is 684. The summed E-state index contributed by atoms with van der Waals surface area (Å²) in [4.78, 5) is 22.7. The molecule has 0 aliphatic carbocycles. The summed E-state index contributed by atoms with van der Waals surface area (Å²) in [5.74, 6) is 0.360. The molecule has 0 atom stereocenters. The Labute approximate surface area is 137 Å². The van der Waals surface area contributed by atoms with Gasteiger partial charge in [0.15, 0.2) is 0 Å². The van der Waals surface area contributed by atoms with Crippen LogP contribution in [-0.4, -0.2) is 34.4 Å². The zero-order chi connectivity index (χ0) is 16.8. The van der Waals surface area contributed by atoms with Crippen molar-refractivity contribution in [3.8, 4) is 0 Å². The largest absolute Gasteiger partial charge is 0.340 e. The fraction of sp³-hybridized carbons (Fsp3) is 0.389. The van der Waals surface area contributed by atoms with Crippen LogP contribution in [0.5, 0.6) is 0 Å². The van der Waals surface area contributed by atoms with Gasteiger partial charge in [-0.05, 0) is 43.5 Å². The number of nitrogens with one attached hydrogen (secondary N) is 1. The molecule has 2 aromatic rings. The number of amides is 1. The molecule has 0 fully saturated rings. The van der Waals surface area contributed by atoms with Gasteiger partial charge in [0.05, 0.1) is 0 Å². The molecule has 5 heteroatoms. The zero-order valence-electron chi connectivity index (χ0n) is 14.3. The van der Waals surface area contributed by atoms with Crippen LogP contribution in [0.15, 0.2) is 30.5 Å². The third-order valence-electron chi connectivity index (χ3n) is 3.92. The van der Waals surface area contributed by atoms with Crippen molar-refractivity contribution < 1.29 is 4.79 Å². The molecule has 23 heavy (non-hydrogen) atoms. The highest BCUT2D eigenvalue weighted by molar-refractivity contribution is 5.92. The molecule has 1 aromatic carbocycles. The monoisotopic (exact) mass is 312 g/mol. The van der Waals surface area contributed by atoms with Crippen LogP contribution in [0.25, 0.3) is 0 Å². The first-order chi connectivity index (χ1) is 11.0. The number of carbonyl (C=O) groups is 1. The summed E-state index contributed by atoms with van der Waals surface area (Å²) in [6.07, 6.45) is 3.66. The van der Waals surface area contributed by atoms with Gasteiger partial charge in [0.25, 0.3) is 5.91 Å². The van der Waals surface area contributed by atoms with Crippen LogP contribution in [0, 0.1) is 13.8 Å². The summed E-state index contributed by atoms with van der Waals surface area (Å²) < 4.78 is 0. The first kappa shape index (κ1) is 16.9. The number of aryl methyl sites for hydroxylation is 1. The van der Waals surface area contributed by atoms with Crippen molar-refractivity contribution in [1.82, 2.24) is 14.9 Å². The standard InChI is InChI=1S/C18H24N4O/c1-5-6-12-22(4)17(23)16-10-11-19-18(21-16)20-15-9-7-8-13(2)14(15)3/h7-11H,5-6,12H2,1-4H3,(H,19,20,21). The number of rotatable bonds is 6. The van der Waals surface area contributed by atoms with E-state index in [2.05, 4.69) is 35.2 Å². The fourth-order valence-corrected chi connectivity index (χ4v) is 2.24. The fourth-order valence-electron chi connectivity index (χ4n) is 2.24. The van der Waals surface area contributed by atoms with Gasteiger partial charge in [-0.3, -0.25) is 4.79 Å². The van der Waals surface area contributed by atoms with Crippen molar-refractivity contribution in [3.05, 3.63) is 47.3 Å². The first-order valence-corrected chi connectivity index (χ1v) is 7.94. The summed E-state index contributed by atoms with van der Waals surface area (Å²) in [5, 5.41) is 3.20. The molecule has 1 aromatic heterocycles. The van der Waals surface area contributed by atoms with Crippen molar-refractivity contribution in [3.63, 3.8) is 0 Å². The number of anilines is 2. The molecule has 0 saturated carbocycles. The molecule has 0 saturated heterocycles. The number of nitrogens with zero attached hydrogens (tertiary/aromatic N) is 3. The van der Waals surface area contributed by atoms with Crippen LogP contribution < -0.4 is 5.32 Å². The van der Waals surface area contributed by atoms with Crippen LogP contribution in [0.2, 0.25) is 0 Å². The smallest absolute Gasteiger partial charge is 0.272 e. The van der Waals surface area contributed by atoms with Crippen molar-refractivity contribution in [1.29, 1.82) is 0 Å². The number of hydrogen-bond acceptors (Lipinski definition) is 4. The molecular formula is C18H24N4O. The second kappa shape index (κ2) is 7.72. The van der Waals surface area contributed by atoms with E-state index in [1.807, 2.05) is 19.1 Å². The predicted octanol–water partition coefficient (Wildman–Crippen LogP) is 3.71. The highest BCUT2D eigenvalue weighted by atomic mass is 16.2. The van der Waals surface area contributed by atoms with Gasteiger partial charge in [-0.15, -0.1) is 0 Å². The van der Waals surface area contributed by atoms with Gasteiger partial charge in [0.2, 0.25) is 5.95 Å². The molecule has 0 bridgehead atoms. The second-order valence-corrected chi connectivity index (χ2v) is 5.72. The Balaban J connectivity index is 2.16. The van der Waals surface area contributed by atoms with Gasteiger partial charge in [0, 0.05) is 25.5 Å². The van der Waals surface area contributed by atoms with Gasteiger partial charge in [-0.1, -0.05) is 25.5 Å². The van der Waals surface area contributed by atoms with Crippen LogP contribution in [-0.2, 0) is 0 Å². The average molecular weight is 312 g/mol. The van der Waals surface area contributed by atoms with E-state index >= 15 is 0 Å². The van der Waals surface area contributed by atoms with Crippen LogP contribution in [0.3, 0.4) is 0 Å². The van der Waals surface area contributed by atoms with Gasteiger partial charge in [0.1, 0.15) is 5.69 Å². The topological polar surface area (TPSA) is 58.1 Å². The molecule has 0 spiro atoms. The Morgan fingerprint density at radius 1 is 1.26 bits per heavy atom. The minimum absolute atomic E-state index is 0.0788. The van der Waals surface area contributed by atoms with E-state index in [0.29, 0.717) is 11.6 Å². The lowest BCUT2D eigenvalue weighted by Crippen LogP contribution is -2.28. The average Bonchev–Trinajstić information content (AvgIpc) is 2.56. The maximum atomic E-state index is 12.4. The van der Waals surface area contributed by atoms with E-state index in [1.165, 1.54) is 5.56 Å². The van der Waals surface area contributed by atoms with E-state index < -0.39 is 0 Å². The Hall–Kier alpha value is -2.43. The predicted molar refractivity (Wildman–Crippen MR) is 93.1 cm³/mol. The molecule has 2 rings (SSSR count). The highest BCUT2D eigenvalue weighted by Gasteiger charge is 2.14. The third-order valence-corrected chi connectivity index (χ3v) is 3.92. The number of benzene rings is 1. The summed E-state index contributed by atoms with van der Waals surface area (Å²) in [7, 11) is 1.80. The molecule has 5 nitrogen and oxygen atoms in total. The van der Waals surface area contributed by atoms with Crippen LogP contribution in [0.4, 0.5) is 11.6 Å². The SMILES string of the molecule is CCCCN(C)C(=O)c1ccnc(Nc2cccc(C)c2C)n1. The van der Waals surface area contributed by atoms with Crippen LogP contribution in [0.1, 0.15) is 41.4 Å². The molecule has 0 aliphatic heterocycles. The molecule has 0 radical (unpaired) electrons. The number of aromatic nitrogens is 2. The van der Waals surface area contributed by atoms with Crippen molar-refractivity contribution in [2.24, 2.45) is 0 Å². The minimum atomic E-state index is -0.0788. The van der Waals surface area contributed by atoms with E-state index in [4.69, 9.17) is 0 Å². The molecular weight excluding hydrogens is 288 g/mol. The Kier molecular flexibility index (Phi) is 5.68. The van der Waals surface area contributed by atoms with Crippen molar-refractivity contribution in [2.45, 2.75) is 33.6 Å². The Morgan fingerprint density at radius 3 is 2.78 bits per heavy atom. The second-order valence-electron chi connectivity index (χ2n) is 5.72.